The van der Waals surface area contributed by atoms with Gasteiger partial charge in [-0.1, -0.05) is 25.1 Å². The van der Waals surface area contributed by atoms with Crippen LogP contribution in [-0.4, -0.2) is 18.2 Å². The first kappa shape index (κ1) is 11.0. The van der Waals surface area contributed by atoms with Gasteiger partial charge in [0.25, 0.3) is 0 Å². The Hall–Kier alpha value is -1.51. The summed E-state index contributed by atoms with van der Waals surface area (Å²) in [6.45, 7) is 4.15. The van der Waals surface area contributed by atoms with Crippen LogP contribution in [0.3, 0.4) is 0 Å². The van der Waals surface area contributed by atoms with Gasteiger partial charge in [0.05, 0.1) is 6.61 Å². The molecule has 0 bridgehead atoms. The van der Waals surface area contributed by atoms with Crippen molar-refractivity contribution >= 4 is 5.97 Å². The lowest BCUT2D eigenvalue weighted by Gasteiger charge is -2.24. The number of hydrogen-bond acceptors (Lipinski definition) is 3. The Morgan fingerprint density at radius 1 is 1.44 bits per heavy atom. The zero-order valence-corrected chi connectivity index (χ0v) is 9.66. The molecule has 3 heteroatoms. The van der Waals surface area contributed by atoms with E-state index in [0.717, 1.165) is 11.3 Å². The molecule has 16 heavy (non-hydrogen) atoms. The van der Waals surface area contributed by atoms with Crippen LogP contribution in [0.15, 0.2) is 24.3 Å². The van der Waals surface area contributed by atoms with Crippen molar-refractivity contribution in [2.75, 3.05) is 6.61 Å². The highest BCUT2D eigenvalue weighted by atomic mass is 16.6. The summed E-state index contributed by atoms with van der Waals surface area (Å²) in [5, 5.41) is 0. The van der Waals surface area contributed by atoms with E-state index in [1.54, 1.807) is 0 Å². The van der Waals surface area contributed by atoms with E-state index in [1.807, 2.05) is 38.1 Å². The molecular formula is C13H16O3. The second-order valence-corrected chi connectivity index (χ2v) is 3.95. The highest BCUT2D eigenvalue weighted by molar-refractivity contribution is 5.81. The molecule has 1 atom stereocenters. The molecule has 1 unspecified atom stereocenters. The number of para-hydroxylation sites is 1. The van der Waals surface area contributed by atoms with Crippen LogP contribution in [0.5, 0.6) is 5.75 Å². The molecular weight excluding hydrogens is 204 g/mol. The number of rotatable bonds is 3. The molecule has 0 saturated carbocycles. The molecule has 0 aromatic heterocycles. The second-order valence-electron chi connectivity index (χ2n) is 3.95. The van der Waals surface area contributed by atoms with Crippen molar-refractivity contribution in [1.82, 2.24) is 0 Å². The zero-order valence-electron chi connectivity index (χ0n) is 9.66. The molecule has 0 radical (unpaired) electrons. The molecule has 0 N–H and O–H groups in total. The van der Waals surface area contributed by atoms with Crippen LogP contribution in [-0.2, 0) is 16.0 Å². The van der Waals surface area contributed by atoms with E-state index in [0.29, 0.717) is 19.4 Å². The Morgan fingerprint density at radius 3 is 2.81 bits per heavy atom. The molecule has 0 saturated heterocycles. The first-order valence-electron chi connectivity index (χ1n) is 5.66. The maximum atomic E-state index is 11.9. The number of hydrogen-bond donors (Lipinski definition) is 0. The van der Waals surface area contributed by atoms with Crippen molar-refractivity contribution in [3.05, 3.63) is 29.8 Å². The Balaban J connectivity index is 2.26. The van der Waals surface area contributed by atoms with Crippen molar-refractivity contribution in [2.45, 2.75) is 32.3 Å². The molecule has 1 aromatic rings. The van der Waals surface area contributed by atoms with Crippen LogP contribution in [0.4, 0.5) is 0 Å². The van der Waals surface area contributed by atoms with Gasteiger partial charge in [0.15, 0.2) is 0 Å². The van der Waals surface area contributed by atoms with Gasteiger partial charge in [-0.25, -0.2) is 4.79 Å². The summed E-state index contributed by atoms with van der Waals surface area (Å²) in [7, 11) is 0. The third-order valence-corrected chi connectivity index (χ3v) is 2.97. The third-order valence-electron chi connectivity index (χ3n) is 2.97. The summed E-state index contributed by atoms with van der Waals surface area (Å²) in [6.07, 6.45) is 1.24. The highest BCUT2D eigenvalue weighted by Crippen LogP contribution is 2.37. The molecule has 1 heterocycles. The lowest BCUT2D eigenvalue weighted by molar-refractivity contribution is -0.160. The molecule has 0 aliphatic carbocycles. The zero-order chi connectivity index (χ0) is 11.6. The monoisotopic (exact) mass is 220 g/mol. The van der Waals surface area contributed by atoms with Crippen LogP contribution in [0.1, 0.15) is 25.8 Å². The molecule has 1 aliphatic heterocycles. The van der Waals surface area contributed by atoms with E-state index in [4.69, 9.17) is 9.47 Å². The van der Waals surface area contributed by atoms with Gasteiger partial charge < -0.3 is 9.47 Å². The van der Waals surface area contributed by atoms with Crippen molar-refractivity contribution in [3.63, 3.8) is 0 Å². The fraction of sp³-hybridized carbons (Fsp3) is 0.462. The quantitative estimate of drug-likeness (QED) is 0.733. The lowest BCUT2D eigenvalue weighted by Crippen LogP contribution is -2.44. The van der Waals surface area contributed by atoms with Crippen molar-refractivity contribution < 1.29 is 14.3 Å². The van der Waals surface area contributed by atoms with Crippen LogP contribution in [0.2, 0.25) is 0 Å². The maximum absolute atomic E-state index is 11.9. The minimum atomic E-state index is -0.806. The van der Waals surface area contributed by atoms with Gasteiger partial charge in [0.1, 0.15) is 5.75 Å². The van der Waals surface area contributed by atoms with Gasteiger partial charge in [0.2, 0.25) is 5.60 Å². The van der Waals surface area contributed by atoms with Crippen LogP contribution >= 0.6 is 0 Å². The average molecular weight is 220 g/mol. The average Bonchev–Trinajstić information content (AvgIpc) is 2.69. The SMILES string of the molecule is CCOC(=O)C1(CC)Cc2ccccc2O1. The van der Waals surface area contributed by atoms with Gasteiger partial charge in [-0.15, -0.1) is 0 Å². The summed E-state index contributed by atoms with van der Waals surface area (Å²) >= 11 is 0. The second kappa shape index (κ2) is 4.16. The van der Waals surface area contributed by atoms with E-state index in [1.165, 1.54) is 0 Å². The lowest BCUT2D eigenvalue weighted by atomic mass is 9.94. The smallest absolute Gasteiger partial charge is 0.350 e. The summed E-state index contributed by atoms with van der Waals surface area (Å²) in [6, 6.07) is 7.76. The summed E-state index contributed by atoms with van der Waals surface area (Å²) in [4.78, 5) is 11.9. The topological polar surface area (TPSA) is 35.5 Å². The standard InChI is InChI=1S/C13H16O3/c1-3-13(12(14)15-4-2)9-10-7-5-6-8-11(10)16-13/h5-8H,3-4,9H2,1-2H3. The van der Waals surface area contributed by atoms with Crippen LogP contribution in [0, 0.1) is 0 Å². The van der Waals surface area contributed by atoms with Gasteiger partial charge in [0, 0.05) is 6.42 Å². The molecule has 0 fully saturated rings. The largest absolute Gasteiger partial charge is 0.475 e. The maximum Gasteiger partial charge on any atom is 0.350 e. The molecule has 2 rings (SSSR count). The van der Waals surface area contributed by atoms with Crippen molar-refractivity contribution in [3.8, 4) is 5.75 Å². The molecule has 0 amide bonds. The van der Waals surface area contributed by atoms with E-state index in [-0.39, 0.29) is 5.97 Å². The predicted molar refractivity (Wildman–Crippen MR) is 60.4 cm³/mol. The van der Waals surface area contributed by atoms with Gasteiger partial charge >= 0.3 is 5.97 Å². The van der Waals surface area contributed by atoms with Crippen LogP contribution < -0.4 is 4.74 Å². The molecule has 3 nitrogen and oxygen atoms in total. The van der Waals surface area contributed by atoms with Crippen molar-refractivity contribution in [2.24, 2.45) is 0 Å². The molecule has 1 aromatic carbocycles. The number of carbonyl (C=O) groups excluding carboxylic acids is 1. The van der Waals surface area contributed by atoms with E-state index >= 15 is 0 Å². The summed E-state index contributed by atoms with van der Waals surface area (Å²) in [5.74, 6) is 0.547. The third kappa shape index (κ3) is 1.66. The number of esters is 1. The Bertz CT molecular complexity index is 373. The Labute approximate surface area is 95.4 Å². The number of benzene rings is 1. The fourth-order valence-corrected chi connectivity index (χ4v) is 2.02. The fourth-order valence-electron chi connectivity index (χ4n) is 2.02. The first-order valence-corrected chi connectivity index (χ1v) is 5.66. The van der Waals surface area contributed by atoms with Crippen LogP contribution in [0.25, 0.3) is 0 Å². The number of ether oxygens (including phenoxy) is 2. The van der Waals surface area contributed by atoms with E-state index in [2.05, 4.69) is 0 Å². The molecule has 0 spiro atoms. The summed E-state index contributed by atoms with van der Waals surface area (Å²) in [5.41, 5.74) is 0.275. The normalized spacial score (nSPS) is 22.4. The van der Waals surface area contributed by atoms with Crippen molar-refractivity contribution in [1.29, 1.82) is 0 Å². The minimum Gasteiger partial charge on any atom is -0.475 e. The minimum absolute atomic E-state index is 0.256. The number of carbonyl (C=O) groups is 1. The van der Waals surface area contributed by atoms with E-state index < -0.39 is 5.60 Å². The van der Waals surface area contributed by atoms with E-state index in [9.17, 15) is 4.79 Å². The highest BCUT2D eigenvalue weighted by Gasteiger charge is 2.45. The van der Waals surface area contributed by atoms with Gasteiger partial charge in [-0.05, 0) is 25.0 Å². The Morgan fingerprint density at radius 2 is 2.19 bits per heavy atom. The Kier molecular flexibility index (Phi) is 2.86. The van der Waals surface area contributed by atoms with Gasteiger partial charge in [-0.2, -0.15) is 0 Å². The summed E-state index contributed by atoms with van der Waals surface area (Å²) < 4.78 is 10.9. The number of fused-ring (bicyclic) bond motifs is 1. The molecule has 1 aliphatic rings. The molecule has 86 valence electrons. The van der Waals surface area contributed by atoms with Gasteiger partial charge in [-0.3, -0.25) is 0 Å². The first-order chi connectivity index (χ1) is 7.72. The predicted octanol–water partition coefficient (Wildman–Crippen LogP) is 2.33.